The van der Waals surface area contributed by atoms with Gasteiger partial charge in [0.2, 0.25) is 5.16 Å². The minimum Gasteiger partial charge on any atom is -0.292 e. The van der Waals surface area contributed by atoms with Crippen LogP contribution in [0.15, 0.2) is 17.6 Å². The van der Waals surface area contributed by atoms with E-state index in [-0.39, 0.29) is 5.16 Å². The molecule has 0 aliphatic heterocycles. The highest BCUT2D eigenvalue weighted by atomic mass is 32.3. The van der Waals surface area contributed by atoms with Gasteiger partial charge in [-0.1, -0.05) is 8.58 Å². The molecule has 1 aromatic heterocycles. The van der Waals surface area contributed by atoms with Crippen molar-refractivity contribution in [3.63, 3.8) is 0 Å². The molecule has 2 N–H and O–H groups in total. The number of rotatable bonds is 2. The maximum atomic E-state index is 9.17. The summed E-state index contributed by atoms with van der Waals surface area (Å²) in [5.41, 5.74) is 0. The third-order valence-electron chi connectivity index (χ3n) is 1.26. The van der Waals surface area contributed by atoms with Gasteiger partial charge < -0.3 is 0 Å². The largest absolute Gasteiger partial charge is 0.292 e. The van der Waals surface area contributed by atoms with Crippen LogP contribution in [0.5, 0.6) is 0 Å². The molecule has 1 unspecified atom stereocenters. The van der Waals surface area contributed by atoms with E-state index in [0.717, 1.165) is 5.30 Å². The normalized spacial score (nSPS) is 14.0. The summed E-state index contributed by atoms with van der Waals surface area (Å²) in [6.07, 6.45) is 4.56. The molecule has 0 aliphatic rings. The van der Waals surface area contributed by atoms with E-state index < -0.39 is 10.6 Å². The number of hydrogen-bond donors (Lipinski definition) is 2. The third-order valence-corrected chi connectivity index (χ3v) is 3.00. The van der Waals surface area contributed by atoms with Crippen LogP contribution < -0.4 is 5.30 Å². The van der Waals surface area contributed by atoms with Crippen molar-refractivity contribution in [1.29, 1.82) is 0 Å². The van der Waals surface area contributed by atoms with E-state index in [1.807, 2.05) is 6.66 Å². The fourth-order valence-electron chi connectivity index (χ4n) is 0.645. The summed E-state index contributed by atoms with van der Waals surface area (Å²) in [4.78, 5) is 7.71. The number of aromatic nitrogens is 2. The van der Waals surface area contributed by atoms with Crippen LogP contribution in [0.2, 0.25) is 0 Å². The zero-order valence-electron chi connectivity index (χ0n) is 6.85. The SMILES string of the molecule is CPc1cnc(S(C)(O)O)nc1. The lowest BCUT2D eigenvalue weighted by Gasteiger charge is -2.23. The quantitative estimate of drug-likeness (QED) is 0.562. The van der Waals surface area contributed by atoms with Gasteiger partial charge in [0.15, 0.2) is 0 Å². The van der Waals surface area contributed by atoms with Gasteiger partial charge >= 0.3 is 0 Å². The lowest BCUT2D eigenvalue weighted by atomic mass is 10.7. The second-order valence-electron chi connectivity index (χ2n) is 2.34. The molecule has 0 bridgehead atoms. The van der Waals surface area contributed by atoms with Crippen LogP contribution in [-0.4, -0.2) is 32.0 Å². The highest BCUT2D eigenvalue weighted by Crippen LogP contribution is 2.40. The molecule has 0 saturated heterocycles. The molecule has 4 nitrogen and oxygen atoms in total. The van der Waals surface area contributed by atoms with E-state index in [0.29, 0.717) is 8.58 Å². The smallest absolute Gasteiger partial charge is 0.241 e. The molecule has 0 amide bonds. The van der Waals surface area contributed by atoms with E-state index in [2.05, 4.69) is 9.97 Å². The Bertz CT molecular complexity index is 259. The first-order valence-electron chi connectivity index (χ1n) is 3.27. The van der Waals surface area contributed by atoms with Crippen molar-refractivity contribution < 1.29 is 9.11 Å². The molecule has 1 aromatic rings. The summed E-state index contributed by atoms with van der Waals surface area (Å²) in [6.45, 7) is 2.02. The minimum absolute atomic E-state index is 0.115. The number of hydrogen-bond acceptors (Lipinski definition) is 4. The van der Waals surface area contributed by atoms with E-state index >= 15 is 0 Å². The average molecular weight is 206 g/mol. The first kappa shape index (κ1) is 9.86. The molecule has 1 atom stereocenters. The van der Waals surface area contributed by atoms with Crippen molar-refractivity contribution in [2.45, 2.75) is 5.16 Å². The summed E-state index contributed by atoms with van der Waals surface area (Å²) >= 11 is 0. The highest BCUT2D eigenvalue weighted by molar-refractivity contribution is 8.23. The number of nitrogens with zero attached hydrogens (tertiary/aromatic N) is 2. The van der Waals surface area contributed by atoms with Crippen molar-refractivity contribution >= 4 is 24.5 Å². The van der Waals surface area contributed by atoms with Crippen LogP contribution in [0.25, 0.3) is 0 Å². The van der Waals surface area contributed by atoms with Crippen molar-refractivity contribution in [1.82, 2.24) is 9.97 Å². The van der Waals surface area contributed by atoms with E-state index in [9.17, 15) is 0 Å². The Balaban J connectivity index is 2.93. The zero-order valence-corrected chi connectivity index (χ0v) is 8.67. The molecule has 0 aliphatic carbocycles. The van der Waals surface area contributed by atoms with Crippen LogP contribution in [0.1, 0.15) is 0 Å². The summed E-state index contributed by atoms with van der Waals surface area (Å²) < 4.78 is 18.3. The topological polar surface area (TPSA) is 66.2 Å². The molecule has 0 saturated carbocycles. The Labute approximate surface area is 74.6 Å². The van der Waals surface area contributed by atoms with Gasteiger partial charge in [0, 0.05) is 24.0 Å². The van der Waals surface area contributed by atoms with Gasteiger partial charge in [0.05, 0.1) is 0 Å². The summed E-state index contributed by atoms with van der Waals surface area (Å²) in [6, 6.07) is 0. The van der Waals surface area contributed by atoms with E-state index in [1.54, 1.807) is 12.4 Å². The molecule has 6 heteroatoms. The molecular weight excluding hydrogens is 195 g/mol. The van der Waals surface area contributed by atoms with Gasteiger partial charge in [-0.05, 0) is 6.66 Å². The molecule has 1 rings (SSSR count). The summed E-state index contributed by atoms with van der Waals surface area (Å²) in [7, 11) is -2.12. The van der Waals surface area contributed by atoms with Gasteiger partial charge in [-0.15, -0.1) is 10.6 Å². The summed E-state index contributed by atoms with van der Waals surface area (Å²) in [5.74, 6) is 0. The van der Waals surface area contributed by atoms with Crippen molar-refractivity contribution in [2.24, 2.45) is 0 Å². The molecular formula is C6H11N2O2PS. The first-order chi connectivity index (χ1) is 5.54. The van der Waals surface area contributed by atoms with Gasteiger partial charge in [0.1, 0.15) is 0 Å². The predicted molar refractivity (Wildman–Crippen MR) is 52.9 cm³/mol. The van der Waals surface area contributed by atoms with Gasteiger partial charge in [-0.25, -0.2) is 9.97 Å². The van der Waals surface area contributed by atoms with E-state index in [4.69, 9.17) is 9.11 Å². The molecule has 12 heavy (non-hydrogen) atoms. The predicted octanol–water partition coefficient (Wildman–Crippen LogP) is 1.15. The van der Waals surface area contributed by atoms with E-state index in [1.165, 1.54) is 6.26 Å². The second kappa shape index (κ2) is 3.66. The highest BCUT2D eigenvalue weighted by Gasteiger charge is 2.10. The zero-order chi connectivity index (χ0) is 9.19. The molecule has 0 spiro atoms. The Morgan fingerprint density at radius 3 is 2.17 bits per heavy atom. The monoisotopic (exact) mass is 206 g/mol. The maximum absolute atomic E-state index is 9.17. The molecule has 0 aromatic carbocycles. The van der Waals surface area contributed by atoms with Crippen LogP contribution >= 0.6 is 19.2 Å². The fourth-order valence-corrected chi connectivity index (χ4v) is 1.54. The van der Waals surface area contributed by atoms with Crippen LogP contribution in [-0.2, 0) is 0 Å². The molecule has 1 heterocycles. The Morgan fingerprint density at radius 2 is 1.83 bits per heavy atom. The van der Waals surface area contributed by atoms with Gasteiger partial charge in [-0.2, -0.15) is 0 Å². The lowest BCUT2D eigenvalue weighted by Crippen LogP contribution is -2.05. The van der Waals surface area contributed by atoms with Crippen LogP contribution in [0, 0.1) is 0 Å². The molecule has 0 radical (unpaired) electrons. The van der Waals surface area contributed by atoms with Crippen molar-refractivity contribution in [3.05, 3.63) is 12.4 Å². The Hall–Kier alpha value is -0.220. The lowest BCUT2D eigenvalue weighted by molar-refractivity contribution is 0.485. The average Bonchev–Trinajstić information content (AvgIpc) is 2.03. The van der Waals surface area contributed by atoms with Crippen LogP contribution in [0.4, 0.5) is 0 Å². The maximum Gasteiger partial charge on any atom is 0.241 e. The first-order valence-corrected chi connectivity index (χ1v) is 6.72. The van der Waals surface area contributed by atoms with Crippen LogP contribution in [0.3, 0.4) is 0 Å². The fraction of sp³-hybridized carbons (Fsp3) is 0.333. The van der Waals surface area contributed by atoms with Gasteiger partial charge in [0.25, 0.3) is 0 Å². The van der Waals surface area contributed by atoms with Crippen molar-refractivity contribution in [2.75, 3.05) is 12.9 Å². The Kier molecular flexibility index (Phi) is 3.01. The van der Waals surface area contributed by atoms with Crippen molar-refractivity contribution in [3.8, 4) is 0 Å². The Morgan fingerprint density at radius 1 is 1.33 bits per heavy atom. The second-order valence-corrected chi connectivity index (χ2v) is 5.45. The summed E-state index contributed by atoms with van der Waals surface area (Å²) in [5, 5.41) is 1.13. The molecule has 0 fully saturated rings. The van der Waals surface area contributed by atoms with Gasteiger partial charge in [-0.3, -0.25) is 9.11 Å². The minimum atomic E-state index is -2.75. The standard InChI is InChI=1S/C6H11N2O2PS/c1-11-5-3-7-6(8-4-5)12(2,9)10/h3-4,9-11H,1-2H3. The molecule has 68 valence electrons. The third kappa shape index (κ3) is 2.38.